The summed E-state index contributed by atoms with van der Waals surface area (Å²) in [6.45, 7) is 1.84. The van der Waals surface area contributed by atoms with Gasteiger partial charge in [0.25, 0.3) is 0 Å². The number of carboxylic acids is 1. The first-order valence-corrected chi connectivity index (χ1v) is 5.92. The summed E-state index contributed by atoms with van der Waals surface area (Å²) in [6, 6.07) is 3.96. The Bertz CT molecular complexity index is 703. The third-order valence-corrected chi connectivity index (χ3v) is 2.67. The van der Waals surface area contributed by atoms with Gasteiger partial charge in [0.05, 0.1) is 6.61 Å². The monoisotopic (exact) mass is 277 g/mol. The first kappa shape index (κ1) is 13.8. The molecule has 0 atom stereocenters. The normalized spacial score (nSPS) is 11.1. The van der Waals surface area contributed by atoms with Crippen molar-refractivity contribution < 1.29 is 23.8 Å². The smallest absolute Gasteiger partial charge is 0.355 e. The summed E-state index contributed by atoms with van der Waals surface area (Å²) in [6.07, 6.45) is 2.13. The van der Waals surface area contributed by atoms with Crippen LogP contribution in [-0.2, 0) is 9.53 Å². The van der Waals surface area contributed by atoms with Crippen LogP contribution in [0.1, 0.15) is 23.0 Å². The van der Waals surface area contributed by atoms with Crippen LogP contribution in [0.4, 0.5) is 4.39 Å². The number of carbonyl (C=O) groups is 2. The summed E-state index contributed by atoms with van der Waals surface area (Å²) in [5, 5.41) is 9.11. The fourth-order valence-corrected chi connectivity index (χ4v) is 1.88. The molecule has 6 heteroatoms. The maximum atomic E-state index is 13.3. The highest BCUT2D eigenvalue weighted by molar-refractivity contribution is 6.03. The molecule has 2 rings (SSSR count). The van der Waals surface area contributed by atoms with Gasteiger partial charge in [-0.15, -0.1) is 0 Å². The predicted octanol–water partition coefficient (Wildman–Crippen LogP) is 2.58. The van der Waals surface area contributed by atoms with Crippen LogP contribution in [0.3, 0.4) is 0 Å². The molecule has 2 N–H and O–H groups in total. The van der Waals surface area contributed by atoms with E-state index in [1.165, 1.54) is 24.3 Å². The van der Waals surface area contributed by atoms with Crippen LogP contribution in [0.2, 0.25) is 0 Å². The Morgan fingerprint density at radius 1 is 1.45 bits per heavy atom. The Hall–Kier alpha value is -2.63. The van der Waals surface area contributed by atoms with Gasteiger partial charge < -0.3 is 14.8 Å². The van der Waals surface area contributed by atoms with Crippen molar-refractivity contribution in [3.05, 3.63) is 41.3 Å². The highest BCUT2D eigenvalue weighted by atomic mass is 19.1. The molecular weight excluding hydrogens is 265 g/mol. The molecule has 0 aliphatic carbocycles. The number of benzene rings is 1. The number of carbonyl (C=O) groups excluding carboxylic acids is 1. The summed E-state index contributed by atoms with van der Waals surface area (Å²) < 4.78 is 18.2. The second kappa shape index (κ2) is 5.56. The predicted molar refractivity (Wildman–Crippen MR) is 70.9 cm³/mol. The molecule has 2 aromatic rings. The van der Waals surface area contributed by atoms with Crippen molar-refractivity contribution >= 4 is 28.9 Å². The Morgan fingerprint density at radius 2 is 2.20 bits per heavy atom. The van der Waals surface area contributed by atoms with E-state index in [0.29, 0.717) is 16.5 Å². The van der Waals surface area contributed by atoms with Crippen LogP contribution in [0, 0.1) is 5.82 Å². The number of aromatic nitrogens is 1. The summed E-state index contributed by atoms with van der Waals surface area (Å²) in [7, 11) is 0. The number of halogens is 1. The highest BCUT2D eigenvalue weighted by Crippen LogP contribution is 2.25. The fraction of sp³-hybridized carbons (Fsp3) is 0.143. The molecule has 0 unspecified atom stereocenters. The van der Waals surface area contributed by atoms with Crippen molar-refractivity contribution in [3.8, 4) is 0 Å². The number of esters is 1. The molecule has 1 aromatic carbocycles. The third-order valence-electron chi connectivity index (χ3n) is 2.67. The Balaban J connectivity index is 2.63. The van der Waals surface area contributed by atoms with Crippen molar-refractivity contribution in [2.45, 2.75) is 6.92 Å². The molecule has 104 valence electrons. The molecule has 20 heavy (non-hydrogen) atoms. The summed E-state index contributed by atoms with van der Waals surface area (Å²) in [5.74, 6) is -2.25. The van der Waals surface area contributed by atoms with Crippen LogP contribution in [-0.4, -0.2) is 28.6 Å². The number of hydrogen-bond donors (Lipinski definition) is 2. The van der Waals surface area contributed by atoms with Gasteiger partial charge in [-0.25, -0.2) is 14.0 Å². The van der Waals surface area contributed by atoms with Gasteiger partial charge in [-0.1, -0.05) is 0 Å². The van der Waals surface area contributed by atoms with E-state index in [9.17, 15) is 14.0 Å². The zero-order chi connectivity index (χ0) is 14.7. The van der Waals surface area contributed by atoms with E-state index < -0.39 is 17.8 Å². The molecule has 0 saturated carbocycles. The standard InChI is InChI=1S/C14H12FNO4/c1-2-20-14(19)13-9(4-6-12(17)18)10-7-8(15)3-5-11(10)16-13/h3-7,16H,2H2,1H3,(H,17,18). The Labute approximate surface area is 113 Å². The van der Waals surface area contributed by atoms with Gasteiger partial charge >= 0.3 is 11.9 Å². The lowest BCUT2D eigenvalue weighted by Crippen LogP contribution is -2.06. The molecule has 0 amide bonds. The van der Waals surface area contributed by atoms with E-state index in [1.54, 1.807) is 6.92 Å². The summed E-state index contributed by atoms with van der Waals surface area (Å²) in [5.41, 5.74) is 0.921. The Morgan fingerprint density at radius 3 is 2.85 bits per heavy atom. The van der Waals surface area contributed by atoms with Crippen molar-refractivity contribution in [2.75, 3.05) is 6.61 Å². The van der Waals surface area contributed by atoms with Gasteiger partial charge in [0, 0.05) is 22.5 Å². The minimum absolute atomic E-state index is 0.102. The molecule has 0 aliphatic heterocycles. The lowest BCUT2D eigenvalue weighted by Gasteiger charge is -2.00. The number of aliphatic carboxylic acids is 1. The second-order valence-corrected chi connectivity index (χ2v) is 4.00. The quantitative estimate of drug-likeness (QED) is 0.665. The molecule has 1 aromatic heterocycles. The number of aromatic amines is 1. The van der Waals surface area contributed by atoms with Crippen LogP contribution < -0.4 is 0 Å². The molecule has 5 nitrogen and oxygen atoms in total. The summed E-state index contributed by atoms with van der Waals surface area (Å²) >= 11 is 0. The van der Waals surface area contributed by atoms with Crippen molar-refractivity contribution in [1.82, 2.24) is 4.98 Å². The maximum absolute atomic E-state index is 13.3. The maximum Gasteiger partial charge on any atom is 0.355 e. The molecule has 0 radical (unpaired) electrons. The van der Waals surface area contributed by atoms with Crippen LogP contribution in [0.25, 0.3) is 17.0 Å². The van der Waals surface area contributed by atoms with Crippen LogP contribution in [0.5, 0.6) is 0 Å². The van der Waals surface area contributed by atoms with E-state index >= 15 is 0 Å². The van der Waals surface area contributed by atoms with E-state index in [-0.39, 0.29) is 12.3 Å². The van der Waals surface area contributed by atoms with Gasteiger partial charge in [0.1, 0.15) is 11.5 Å². The van der Waals surface area contributed by atoms with Gasteiger partial charge in [0.2, 0.25) is 0 Å². The average molecular weight is 277 g/mol. The zero-order valence-electron chi connectivity index (χ0n) is 10.6. The minimum atomic E-state index is -1.16. The number of hydrogen-bond acceptors (Lipinski definition) is 3. The fourth-order valence-electron chi connectivity index (χ4n) is 1.88. The van der Waals surface area contributed by atoms with Crippen molar-refractivity contribution in [3.63, 3.8) is 0 Å². The van der Waals surface area contributed by atoms with Crippen LogP contribution >= 0.6 is 0 Å². The molecular formula is C14H12FNO4. The molecule has 0 fully saturated rings. The number of ether oxygens (including phenoxy) is 1. The third kappa shape index (κ3) is 2.69. The zero-order valence-corrected chi connectivity index (χ0v) is 10.6. The van der Waals surface area contributed by atoms with E-state index in [2.05, 4.69) is 4.98 Å². The van der Waals surface area contributed by atoms with E-state index in [0.717, 1.165) is 6.08 Å². The van der Waals surface area contributed by atoms with Gasteiger partial charge in [0.15, 0.2) is 0 Å². The second-order valence-electron chi connectivity index (χ2n) is 4.00. The molecule has 1 heterocycles. The van der Waals surface area contributed by atoms with E-state index in [1.807, 2.05) is 0 Å². The lowest BCUT2D eigenvalue weighted by molar-refractivity contribution is -0.131. The summed E-state index contributed by atoms with van der Waals surface area (Å²) in [4.78, 5) is 25.3. The van der Waals surface area contributed by atoms with E-state index in [4.69, 9.17) is 9.84 Å². The highest BCUT2D eigenvalue weighted by Gasteiger charge is 2.17. The number of rotatable bonds is 4. The molecule has 0 saturated heterocycles. The largest absolute Gasteiger partial charge is 0.478 e. The number of H-pyrrole nitrogens is 1. The number of fused-ring (bicyclic) bond motifs is 1. The first-order chi connectivity index (χ1) is 9.52. The molecule has 0 spiro atoms. The number of carboxylic acid groups (broad SMARTS) is 1. The van der Waals surface area contributed by atoms with Gasteiger partial charge in [-0.3, -0.25) is 0 Å². The van der Waals surface area contributed by atoms with Crippen LogP contribution in [0.15, 0.2) is 24.3 Å². The topological polar surface area (TPSA) is 79.4 Å². The average Bonchev–Trinajstić information content (AvgIpc) is 2.74. The lowest BCUT2D eigenvalue weighted by atomic mass is 10.1. The number of nitrogens with one attached hydrogen (secondary N) is 1. The molecule has 0 aliphatic rings. The Kier molecular flexibility index (Phi) is 3.84. The molecule has 0 bridgehead atoms. The van der Waals surface area contributed by atoms with Gasteiger partial charge in [-0.05, 0) is 31.2 Å². The minimum Gasteiger partial charge on any atom is -0.478 e. The van der Waals surface area contributed by atoms with Crippen molar-refractivity contribution in [1.29, 1.82) is 0 Å². The SMILES string of the molecule is CCOC(=O)c1[nH]c2ccc(F)cc2c1C=CC(=O)O. The van der Waals surface area contributed by atoms with Gasteiger partial charge in [-0.2, -0.15) is 0 Å². The first-order valence-electron chi connectivity index (χ1n) is 5.92. The van der Waals surface area contributed by atoms with Crippen molar-refractivity contribution in [2.24, 2.45) is 0 Å².